The number of hydrogen-bond donors (Lipinski definition) is 0. The van der Waals surface area contributed by atoms with Crippen LogP contribution >= 0.6 is 0 Å². The lowest BCUT2D eigenvalue weighted by atomic mass is 10.0. The Bertz CT molecular complexity index is 636. The highest BCUT2D eigenvalue weighted by Gasteiger charge is 2.41. The molecule has 0 radical (unpaired) electrons. The Morgan fingerprint density at radius 3 is 2.14 bits per heavy atom. The lowest BCUT2D eigenvalue weighted by Gasteiger charge is -2.40. The molecule has 1 unspecified atom stereocenters. The van der Waals surface area contributed by atoms with E-state index in [-0.39, 0.29) is 23.4 Å². The van der Waals surface area contributed by atoms with Crippen LogP contribution in [0, 0.1) is 5.92 Å². The van der Waals surface area contributed by atoms with Gasteiger partial charge in [0.05, 0.1) is 19.2 Å². The Kier molecular flexibility index (Phi) is 8.49. The van der Waals surface area contributed by atoms with E-state index in [1.807, 2.05) is 20.8 Å². The van der Waals surface area contributed by atoms with Crippen LogP contribution < -0.4 is 0 Å². The van der Waals surface area contributed by atoms with E-state index < -0.39 is 20.0 Å². The number of amides is 1. The second-order valence-corrected chi connectivity index (χ2v) is 15.3. The molecular formula is C23H41NO4Si. The van der Waals surface area contributed by atoms with Gasteiger partial charge < -0.3 is 9.16 Å². The first kappa shape index (κ1) is 25.6. The average Bonchev–Trinajstić information content (AvgIpc) is 3.35. The van der Waals surface area contributed by atoms with Crippen LogP contribution in [0.25, 0.3) is 0 Å². The van der Waals surface area contributed by atoms with Crippen molar-refractivity contribution in [3.63, 3.8) is 0 Å². The predicted molar refractivity (Wildman–Crippen MR) is 122 cm³/mol. The van der Waals surface area contributed by atoms with E-state index >= 15 is 0 Å². The predicted octanol–water partition coefficient (Wildman–Crippen LogP) is 5.73. The van der Waals surface area contributed by atoms with Gasteiger partial charge in [-0.25, -0.2) is 4.79 Å². The van der Waals surface area contributed by atoms with Gasteiger partial charge >= 0.3 is 6.09 Å². The Morgan fingerprint density at radius 1 is 1.17 bits per heavy atom. The number of nitrogens with zero attached hydrogens (tertiary/aromatic N) is 1. The second kappa shape index (κ2) is 9.60. The van der Waals surface area contributed by atoms with Crippen molar-refractivity contribution < 1.29 is 18.8 Å². The first-order valence-corrected chi connectivity index (χ1v) is 13.5. The molecule has 166 valence electrons. The zero-order valence-corrected chi connectivity index (χ0v) is 20.9. The third-order valence-electron chi connectivity index (χ3n) is 5.62. The lowest BCUT2D eigenvalue weighted by Crippen LogP contribution is -2.51. The summed E-state index contributed by atoms with van der Waals surface area (Å²) in [5, 5.41) is 0.0516. The van der Waals surface area contributed by atoms with Crippen molar-refractivity contribution in [2.24, 2.45) is 5.92 Å². The SMILES string of the molecule is C=C(C1CC1)C(CO[Si](C)(C)C(C)(C)C)N(CC(=O)C=CC)C(=O)OC(C)(C)C. The standard InChI is InChI=1S/C23H41NO4Si/c1-11-12-19(25)15-24(21(26)28-22(3,4)5)20(17(2)18-13-14-18)16-27-29(9,10)23(6,7)8/h11-12,18,20H,2,13-16H2,1,3-10H3. The fraction of sp³-hybridized carbons (Fsp3) is 0.739. The fourth-order valence-corrected chi connectivity index (χ4v) is 3.66. The van der Waals surface area contributed by atoms with Crippen LogP contribution in [-0.2, 0) is 14.0 Å². The van der Waals surface area contributed by atoms with E-state index in [1.165, 1.54) is 11.0 Å². The molecule has 0 saturated heterocycles. The number of ketones is 1. The molecule has 1 fully saturated rings. The first-order chi connectivity index (χ1) is 13.1. The molecule has 5 nitrogen and oxygen atoms in total. The van der Waals surface area contributed by atoms with Gasteiger partial charge in [0.15, 0.2) is 14.1 Å². The smallest absolute Gasteiger partial charge is 0.411 e. The topological polar surface area (TPSA) is 55.8 Å². The summed E-state index contributed by atoms with van der Waals surface area (Å²) in [5.74, 6) is 0.240. The van der Waals surface area contributed by atoms with Gasteiger partial charge in [0.1, 0.15) is 5.60 Å². The number of carbonyl (C=O) groups excluding carboxylic acids is 2. The number of hydrogen-bond acceptors (Lipinski definition) is 4. The maximum atomic E-state index is 13.1. The van der Waals surface area contributed by atoms with Crippen LogP contribution in [0.15, 0.2) is 24.3 Å². The fourth-order valence-electron chi connectivity index (χ4n) is 2.66. The van der Waals surface area contributed by atoms with Gasteiger partial charge in [-0.05, 0) is 76.2 Å². The highest BCUT2D eigenvalue weighted by Crippen LogP contribution is 2.40. The molecule has 0 aromatic heterocycles. The van der Waals surface area contributed by atoms with Crippen molar-refractivity contribution in [2.45, 2.75) is 91.1 Å². The van der Waals surface area contributed by atoms with Crippen LogP contribution in [0.2, 0.25) is 18.1 Å². The average molecular weight is 424 g/mol. The van der Waals surface area contributed by atoms with E-state index in [0.717, 1.165) is 18.4 Å². The molecule has 0 bridgehead atoms. The van der Waals surface area contributed by atoms with Gasteiger partial charge in [0.25, 0.3) is 0 Å². The highest BCUT2D eigenvalue weighted by atomic mass is 28.4. The summed E-state index contributed by atoms with van der Waals surface area (Å²) in [6.45, 7) is 22.8. The van der Waals surface area contributed by atoms with Gasteiger partial charge in [-0.2, -0.15) is 0 Å². The molecule has 1 atom stereocenters. The minimum atomic E-state index is -2.03. The number of carbonyl (C=O) groups is 2. The summed E-state index contributed by atoms with van der Waals surface area (Å²) < 4.78 is 12.1. The Labute approximate surface area is 178 Å². The maximum Gasteiger partial charge on any atom is 0.411 e. The Morgan fingerprint density at radius 2 is 1.72 bits per heavy atom. The summed E-state index contributed by atoms with van der Waals surface area (Å²) in [5.41, 5.74) is 0.313. The van der Waals surface area contributed by atoms with Crippen molar-refractivity contribution in [3.05, 3.63) is 24.3 Å². The van der Waals surface area contributed by atoms with Gasteiger partial charge in [0.2, 0.25) is 0 Å². The molecule has 0 aromatic carbocycles. The maximum absolute atomic E-state index is 13.1. The number of allylic oxidation sites excluding steroid dienone is 1. The van der Waals surface area contributed by atoms with Crippen molar-refractivity contribution in [2.75, 3.05) is 13.2 Å². The van der Waals surface area contributed by atoms with E-state index in [1.54, 1.807) is 13.0 Å². The number of rotatable bonds is 9. The normalized spacial score (nSPS) is 16.6. The lowest BCUT2D eigenvalue weighted by molar-refractivity contribution is -0.116. The van der Waals surface area contributed by atoms with E-state index in [2.05, 4.69) is 40.4 Å². The van der Waals surface area contributed by atoms with Crippen LogP contribution in [0.1, 0.15) is 61.3 Å². The summed E-state index contributed by atoms with van der Waals surface area (Å²) in [4.78, 5) is 27.0. The molecule has 0 spiro atoms. The van der Waals surface area contributed by atoms with E-state index in [9.17, 15) is 9.59 Å². The van der Waals surface area contributed by atoms with Gasteiger partial charge in [-0.1, -0.05) is 33.4 Å². The molecule has 6 heteroatoms. The van der Waals surface area contributed by atoms with Crippen LogP contribution in [0.4, 0.5) is 4.79 Å². The quantitative estimate of drug-likeness (QED) is 0.270. The van der Waals surface area contributed by atoms with Gasteiger partial charge in [0, 0.05) is 0 Å². The minimum absolute atomic E-state index is 0.0451. The van der Waals surface area contributed by atoms with Crippen LogP contribution in [-0.4, -0.2) is 49.9 Å². The molecule has 0 N–H and O–H groups in total. The third-order valence-corrected chi connectivity index (χ3v) is 10.1. The highest BCUT2D eigenvalue weighted by molar-refractivity contribution is 6.74. The summed E-state index contributed by atoms with van der Waals surface area (Å²) in [6.07, 6.45) is 4.82. The third kappa shape index (κ3) is 8.09. The molecule has 0 aliphatic heterocycles. The molecule has 1 saturated carbocycles. The first-order valence-electron chi connectivity index (χ1n) is 10.6. The molecular weight excluding hydrogens is 382 g/mol. The number of ether oxygens (including phenoxy) is 1. The molecule has 0 aromatic rings. The summed E-state index contributed by atoms with van der Waals surface area (Å²) in [7, 11) is -2.03. The van der Waals surface area contributed by atoms with Crippen LogP contribution in [0.5, 0.6) is 0 Å². The molecule has 1 amide bonds. The Hall–Kier alpha value is -1.40. The Balaban J connectivity index is 3.18. The molecule has 29 heavy (non-hydrogen) atoms. The molecule has 0 heterocycles. The monoisotopic (exact) mass is 423 g/mol. The van der Waals surface area contributed by atoms with Crippen molar-refractivity contribution in [3.8, 4) is 0 Å². The van der Waals surface area contributed by atoms with Gasteiger partial charge in [-0.3, -0.25) is 9.69 Å². The largest absolute Gasteiger partial charge is 0.444 e. The molecule has 1 aliphatic carbocycles. The minimum Gasteiger partial charge on any atom is -0.444 e. The zero-order valence-electron chi connectivity index (χ0n) is 19.9. The summed E-state index contributed by atoms with van der Waals surface area (Å²) in [6, 6.07) is -0.374. The second-order valence-electron chi connectivity index (χ2n) is 10.5. The molecule has 1 rings (SSSR count). The van der Waals surface area contributed by atoms with Crippen LogP contribution in [0.3, 0.4) is 0 Å². The summed E-state index contributed by atoms with van der Waals surface area (Å²) >= 11 is 0. The van der Waals surface area contributed by atoms with Crippen molar-refractivity contribution in [1.82, 2.24) is 4.90 Å². The van der Waals surface area contributed by atoms with Gasteiger partial charge in [-0.15, -0.1) is 0 Å². The van der Waals surface area contributed by atoms with E-state index in [4.69, 9.17) is 9.16 Å². The van der Waals surface area contributed by atoms with Crippen molar-refractivity contribution >= 4 is 20.2 Å². The van der Waals surface area contributed by atoms with E-state index in [0.29, 0.717) is 12.5 Å². The zero-order chi connectivity index (χ0) is 22.6. The van der Waals surface area contributed by atoms with Crippen molar-refractivity contribution in [1.29, 1.82) is 0 Å². The molecule has 1 aliphatic rings.